The predicted octanol–water partition coefficient (Wildman–Crippen LogP) is 2.96. The summed E-state index contributed by atoms with van der Waals surface area (Å²) < 4.78 is 10.4. The van der Waals surface area contributed by atoms with E-state index in [2.05, 4.69) is 5.32 Å². The molecule has 1 aromatic rings. The zero-order valence-electron chi connectivity index (χ0n) is 12.4. The normalized spacial score (nSPS) is 16.6. The highest BCUT2D eigenvalue weighted by Crippen LogP contribution is 2.36. The molecule has 0 heterocycles. The van der Waals surface area contributed by atoms with Gasteiger partial charge in [-0.15, -0.1) is 0 Å². The first-order valence-corrected chi connectivity index (χ1v) is 7.35. The molecule has 0 spiro atoms. The minimum atomic E-state index is -0.382. The maximum Gasteiger partial charge on any atom is 0.226 e. The number of halogens is 1. The fraction of sp³-hybridized carbons (Fsp3) is 0.533. The number of carbonyl (C=O) groups is 1. The molecule has 0 bridgehead atoms. The van der Waals surface area contributed by atoms with Gasteiger partial charge in [-0.25, -0.2) is 0 Å². The monoisotopic (exact) mass is 312 g/mol. The molecule has 116 valence electrons. The summed E-state index contributed by atoms with van der Waals surface area (Å²) in [5, 5.41) is 3.20. The zero-order chi connectivity index (χ0) is 15.5. The van der Waals surface area contributed by atoms with Crippen LogP contribution >= 0.6 is 11.6 Å². The van der Waals surface area contributed by atoms with E-state index < -0.39 is 0 Å². The first-order chi connectivity index (χ1) is 9.97. The van der Waals surface area contributed by atoms with Crippen LogP contribution in [0.3, 0.4) is 0 Å². The van der Waals surface area contributed by atoms with Gasteiger partial charge in [-0.1, -0.05) is 24.4 Å². The van der Waals surface area contributed by atoms with E-state index in [0.29, 0.717) is 28.6 Å². The predicted molar refractivity (Wildman–Crippen MR) is 83.2 cm³/mol. The largest absolute Gasteiger partial charge is 0.493 e. The molecule has 0 radical (unpaired) electrons. The lowest BCUT2D eigenvalue weighted by molar-refractivity contribution is -0.117. The van der Waals surface area contributed by atoms with Crippen LogP contribution in [0.15, 0.2) is 12.1 Å². The van der Waals surface area contributed by atoms with Gasteiger partial charge in [-0.3, -0.25) is 4.79 Å². The molecule has 1 aliphatic rings. The highest BCUT2D eigenvalue weighted by molar-refractivity contribution is 6.34. The van der Waals surface area contributed by atoms with Crippen molar-refractivity contribution in [3.05, 3.63) is 17.2 Å². The lowest BCUT2D eigenvalue weighted by Gasteiger charge is -2.22. The topological polar surface area (TPSA) is 73.6 Å². The second-order valence-corrected chi connectivity index (χ2v) is 5.89. The molecule has 0 saturated heterocycles. The average molecular weight is 313 g/mol. The summed E-state index contributed by atoms with van der Waals surface area (Å²) in [4.78, 5) is 12.2. The molecule has 1 aromatic carbocycles. The summed E-state index contributed by atoms with van der Waals surface area (Å²) in [5.74, 6) is 0.903. The van der Waals surface area contributed by atoms with Crippen LogP contribution in [0.1, 0.15) is 32.1 Å². The van der Waals surface area contributed by atoms with Gasteiger partial charge in [-0.2, -0.15) is 0 Å². The Bertz CT molecular complexity index is 528. The van der Waals surface area contributed by atoms with Crippen LogP contribution in [-0.2, 0) is 4.79 Å². The molecule has 0 unspecified atom stereocenters. The Morgan fingerprint density at radius 3 is 2.43 bits per heavy atom. The molecule has 0 aliphatic heterocycles. The number of nitrogens with two attached hydrogens (primary N) is 1. The Hall–Kier alpha value is -1.46. The lowest BCUT2D eigenvalue weighted by Crippen LogP contribution is -2.40. The third-order valence-electron chi connectivity index (χ3n) is 3.86. The summed E-state index contributed by atoms with van der Waals surface area (Å²) in [6.07, 6.45) is 4.25. The molecule has 21 heavy (non-hydrogen) atoms. The lowest BCUT2D eigenvalue weighted by atomic mass is 9.94. The summed E-state index contributed by atoms with van der Waals surface area (Å²) in [7, 11) is 3.06. The first-order valence-electron chi connectivity index (χ1n) is 6.98. The van der Waals surface area contributed by atoms with Crippen molar-refractivity contribution in [2.75, 3.05) is 19.5 Å². The second kappa shape index (κ2) is 6.54. The number of hydrogen-bond acceptors (Lipinski definition) is 4. The van der Waals surface area contributed by atoms with Gasteiger partial charge < -0.3 is 20.5 Å². The number of carbonyl (C=O) groups excluding carboxylic acids is 1. The molecular weight excluding hydrogens is 292 g/mol. The summed E-state index contributed by atoms with van der Waals surface area (Å²) in [6.45, 7) is 0. The van der Waals surface area contributed by atoms with Crippen LogP contribution in [0.4, 0.5) is 5.69 Å². The van der Waals surface area contributed by atoms with E-state index >= 15 is 0 Å². The molecule has 1 fully saturated rings. The number of nitrogens with one attached hydrogen (secondary N) is 1. The van der Waals surface area contributed by atoms with E-state index in [-0.39, 0.29) is 11.4 Å². The molecular formula is C15H21ClN2O3. The average Bonchev–Trinajstić information content (AvgIpc) is 2.86. The Morgan fingerprint density at radius 1 is 1.29 bits per heavy atom. The Labute approximate surface area is 129 Å². The number of rotatable bonds is 5. The van der Waals surface area contributed by atoms with Crippen molar-refractivity contribution in [2.24, 2.45) is 5.73 Å². The number of hydrogen-bond donors (Lipinski definition) is 2. The summed E-state index contributed by atoms with van der Waals surface area (Å²) >= 11 is 6.15. The van der Waals surface area contributed by atoms with Gasteiger partial charge in [0.25, 0.3) is 0 Å². The molecule has 1 amide bonds. The Morgan fingerprint density at radius 2 is 1.86 bits per heavy atom. The third-order valence-corrected chi connectivity index (χ3v) is 4.17. The number of benzene rings is 1. The van der Waals surface area contributed by atoms with Gasteiger partial charge in [0, 0.05) is 24.1 Å². The summed E-state index contributed by atoms with van der Waals surface area (Å²) in [6, 6.07) is 3.26. The summed E-state index contributed by atoms with van der Waals surface area (Å²) in [5.41, 5.74) is 6.33. The van der Waals surface area contributed by atoms with E-state index in [0.717, 1.165) is 25.7 Å². The fourth-order valence-electron chi connectivity index (χ4n) is 2.72. The van der Waals surface area contributed by atoms with Gasteiger partial charge in [0.1, 0.15) is 0 Å². The van der Waals surface area contributed by atoms with E-state index in [4.69, 9.17) is 26.8 Å². The molecule has 2 rings (SSSR count). The van der Waals surface area contributed by atoms with Crippen molar-refractivity contribution in [1.29, 1.82) is 0 Å². The van der Waals surface area contributed by atoms with Crippen LogP contribution < -0.4 is 20.5 Å². The van der Waals surface area contributed by atoms with E-state index in [1.807, 2.05) is 0 Å². The van der Waals surface area contributed by atoms with Crippen molar-refractivity contribution in [3.63, 3.8) is 0 Å². The smallest absolute Gasteiger partial charge is 0.226 e. The minimum absolute atomic E-state index is 0.131. The molecule has 0 atom stereocenters. The molecule has 1 aliphatic carbocycles. The minimum Gasteiger partial charge on any atom is -0.493 e. The van der Waals surface area contributed by atoms with Crippen molar-refractivity contribution in [2.45, 2.75) is 37.6 Å². The standard InChI is InChI=1S/C15H21ClN2O3/c1-20-12-7-10(16)11(8-13(12)21-2)18-14(19)9-15(17)5-3-4-6-15/h7-8H,3-6,9,17H2,1-2H3,(H,18,19). The van der Waals surface area contributed by atoms with Crippen LogP contribution in [0, 0.1) is 0 Å². The number of anilines is 1. The molecule has 6 heteroatoms. The van der Waals surface area contributed by atoms with Gasteiger partial charge in [0.15, 0.2) is 11.5 Å². The van der Waals surface area contributed by atoms with Crippen molar-refractivity contribution >= 4 is 23.2 Å². The highest BCUT2D eigenvalue weighted by atomic mass is 35.5. The van der Waals surface area contributed by atoms with Crippen LogP contribution in [0.25, 0.3) is 0 Å². The van der Waals surface area contributed by atoms with Gasteiger partial charge in [0.05, 0.1) is 24.9 Å². The molecule has 5 nitrogen and oxygen atoms in total. The molecule has 3 N–H and O–H groups in total. The van der Waals surface area contributed by atoms with E-state index in [1.165, 1.54) is 14.2 Å². The Balaban J connectivity index is 2.10. The van der Waals surface area contributed by atoms with Crippen molar-refractivity contribution in [1.82, 2.24) is 0 Å². The highest BCUT2D eigenvalue weighted by Gasteiger charge is 2.31. The van der Waals surface area contributed by atoms with Gasteiger partial charge in [0.2, 0.25) is 5.91 Å². The third kappa shape index (κ3) is 3.80. The Kier molecular flexibility index (Phi) is 4.96. The van der Waals surface area contributed by atoms with Crippen LogP contribution in [0.5, 0.6) is 11.5 Å². The SMILES string of the molecule is COc1cc(Cl)c(NC(=O)CC2(N)CCCC2)cc1OC. The van der Waals surface area contributed by atoms with Crippen molar-refractivity contribution < 1.29 is 14.3 Å². The van der Waals surface area contributed by atoms with Crippen LogP contribution in [-0.4, -0.2) is 25.7 Å². The number of methoxy groups -OCH3 is 2. The van der Waals surface area contributed by atoms with Gasteiger partial charge in [-0.05, 0) is 12.8 Å². The number of amides is 1. The van der Waals surface area contributed by atoms with Gasteiger partial charge >= 0.3 is 0 Å². The quantitative estimate of drug-likeness (QED) is 0.876. The van der Waals surface area contributed by atoms with Crippen LogP contribution in [0.2, 0.25) is 5.02 Å². The molecule has 1 saturated carbocycles. The maximum absolute atomic E-state index is 12.2. The first kappa shape index (κ1) is 15.9. The second-order valence-electron chi connectivity index (χ2n) is 5.48. The molecule has 0 aromatic heterocycles. The fourth-order valence-corrected chi connectivity index (χ4v) is 2.92. The maximum atomic E-state index is 12.2. The van der Waals surface area contributed by atoms with E-state index in [1.54, 1.807) is 12.1 Å². The zero-order valence-corrected chi connectivity index (χ0v) is 13.1. The van der Waals surface area contributed by atoms with Crippen molar-refractivity contribution in [3.8, 4) is 11.5 Å². The van der Waals surface area contributed by atoms with E-state index in [9.17, 15) is 4.79 Å². The number of ether oxygens (including phenoxy) is 2.